The summed E-state index contributed by atoms with van der Waals surface area (Å²) in [4.78, 5) is 12.4. The fraction of sp³-hybridized carbons (Fsp3) is 0.320. The number of allylic oxidation sites excluding steroid dienone is 1. The van der Waals surface area contributed by atoms with E-state index in [1.807, 2.05) is 45.0 Å². The normalized spacial score (nSPS) is 11.7. The van der Waals surface area contributed by atoms with Gasteiger partial charge in [0.1, 0.15) is 11.3 Å². The number of rotatable bonds is 9. The van der Waals surface area contributed by atoms with Crippen molar-refractivity contribution in [3.05, 3.63) is 59.9 Å². The lowest BCUT2D eigenvalue weighted by Crippen LogP contribution is -2.23. The standard InChI is InChI=1S/C25H29NO4/c1-5-29-13-9-12-26-23(27)14-17(2)20-15-21-22(19-10-7-6-8-11-19)16-30-25(21)18(3)24(20)28-4/h6-8,10-11,14-16H,5,9,12-13H2,1-4H3,(H,26,27)/b17-14+. The second-order valence-electron chi connectivity index (χ2n) is 7.14. The summed E-state index contributed by atoms with van der Waals surface area (Å²) >= 11 is 0. The molecule has 0 aliphatic heterocycles. The maximum atomic E-state index is 12.4. The van der Waals surface area contributed by atoms with E-state index in [2.05, 4.69) is 17.4 Å². The molecule has 1 heterocycles. The Kier molecular flexibility index (Phi) is 7.31. The molecule has 0 aliphatic rings. The summed E-state index contributed by atoms with van der Waals surface area (Å²) in [7, 11) is 1.64. The summed E-state index contributed by atoms with van der Waals surface area (Å²) in [5.74, 6) is 0.591. The van der Waals surface area contributed by atoms with Gasteiger partial charge < -0.3 is 19.2 Å². The monoisotopic (exact) mass is 407 g/mol. The minimum absolute atomic E-state index is 0.126. The fourth-order valence-electron chi connectivity index (χ4n) is 3.57. The van der Waals surface area contributed by atoms with E-state index in [0.717, 1.165) is 45.2 Å². The number of methoxy groups -OCH3 is 1. The predicted molar refractivity (Wildman–Crippen MR) is 121 cm³/mol. The Balaban J connectivity index is 1.93. The van der Waals surface area contributed by atoms with Crippen molar-refractivity contribution in [2.75, 3.05) is 26.9 Å². The highest BCUT2D eigenvalue weighted by Crippen LogP contribution is 2.40. The molecule has 1 N–H and O–H groups in total. The molecule has 0 fully saturated rings. The van der Waals surface area contributed by atoms with Crippen molar-refractivity contribution in [3.8, 4) is 16.9 Å². The van der Waals surface area contributed by atoms with Crippen LogP contribution in [0.4, 0.5) is 0 Å². The van der Waals surface area contributed by atoms with E-state index < -0.39 is 0 Å². The van der Waals surface area contributed by atoms with Crippen LogP contribution >= 0.6 is 0 Å². The van der Waals surface area contributed by atoms with Gasteiger partial charge in [0.2, 0.25) is 5.91 Å². The molecule has 158 valence electrons. The first kappa shape index (κ1) is 21.7. The number of benzene rings is 2. The third-order valence-corrected chi connectivity index (χ3v) is 5.07. The number of hydrogen-bond acceptors (Lipinski definition) is 4. The van der Waals surface area contributed by atoms with Crippen molar-refractivity contribution in [2.24, 2.45) is 0 Å². The second kappa shape index (κ2) is 10.1. The summed E-state index contributed by atoms with van der Waals surface area (Å²) in [6.07, 6.45) is 4.18. The van der Waals surface area contributed by atoms with Crippen LogP contribution < -0.4 is 10.1 Å². The zero-order valence-electron chi connectivity index (χ0n) is 18.1. The fourth-order valence-corrected chi connectivity index (χ4v) is 3.57. The number of ether oxygens (including phenoxy) is 2. The van der Waals surface area contributed by atoms with E-state index in [-0.39, 0.29) is 5.91 Å². The quantitative estimate of drug-likeness (QED) is 0.383. The van der Waals surface area contributed by atoms with Crippen LogP contribution in [0.15, 0.2) is 53.2 Å². The SMILES string of the molecule is CCOCCCNC(=O)/C=C(\C)c1cc2c(-c3ccccc3)coc2c(C)c1OC. The summed E-state index contributed by atoms with van der Waals surface area (Å²) in [5.41, 5.74) is 5.52. The molecule has 1 amide bonds. The molecule has 0 saturated heterocycles. The molecule has 5 nitrogen and oxygen atoms in total. The van der Waals surface area contributed by atoms with Crippen LogP contribution in [0.3, 0.4) is 0 Å². The first-order valence-electron chi connectivity index (χ1n) is 10.2. The number of aryl methyl sites for hydroxylation is 1. The van der Waals surface area contributed by atoms with Gasteiger partial charge in [0.15, 0.2) is 0 Å². The average molecular weight is 408 g/mol. The zero-order chi connectivity index (χ0) is 21.5. The van der Waals surface area contributed by atoms with Crippen LogP contribution in [0.5, 0.6) is 5.75 Å². The van der Waals surface area contributed by atoms with Gasteiger partial charge in [-0.2, -0.15) is 0 Å². The molecule has 0 aliphatic carbocycles. The number of carbonyl (C=O) groups excluding carboxylic acids is 1. The lowest BCUT2D eigenvalue weighted by molar-refractivity contribution is -0.116. The average Bonchev–Trinajstić information content (AvgIpc) is 3.18. The molecule has 2 aromatic carbocycles. The first-order valence-corrected chi connectivity index (χ1v) is 10.2. The van der Waals surface area contributed by atoms with Crippen molar-refractivity contribution >= 4 is 22.4 Å². The number of fused-ring (bicyclic) bond motifs is 1. The molecule has 3 rings (SSSR count). The van der Waals surface area contributed by atoms with Crippen molar-refractivity contribution in [1.82, 2.24) is 5.32 Å². The molecule has 0 spiro atoms. The van der Waals surface area contributed by atoms with E-state index in [9.17, 15) is 4.79 Å². The lowest BCUT2D eigenvalue weighted by atomic mass is 9.96. The molecular formula is C25H29NO4. The maximum Gasteiger partial charge on any atom is 0.244 e. The number of furan rings is 1. The van der Waals surface area contributed by atoms with E-state index >= 15 is 0 Å². The van der Waals surface area contributed by atoms with E-state index in [1.54, 1.807) is 19.4 Å². The van der Waals surface area contributed by atoms with E-state index in [1.165, 1.54) is 0 Å². The first-order chi connectivity index (χ1) is 14.6. The highest BCUT2D eigenvalue weighted by atomic mass is 16.5. The number of amides is 1. The van der Waals surface area contributed by atoms with Gasteiger partial charge in [-0.05, 0) is 44.4 Å². The highest BCUT2D eigenvalue weighted by molar-refractivity contribution is 6.01. The number of hydrogen-bond donors (Lipinski definition) is 1. The van der Waals surface area contributed by atoms with Gasteiger partial charge >= 0.3 is 0 Å². The van der Waals surface area contributed by atoms with Crippen LogP contribution in [0.25, 0.3) is 27.7 Å². The van der Waals surface area contributed by atoms with E-state index in [4.69, 9.17) is 13.9 Å². The Hall–Kier alpha value is -3.05. The number of nitrogens with one attached hydrogen (secondary N) is 1. The van der Waals surface area contributed by atoms with Gasteiger partial charge in [0, 0.05) is 47.9 Å². The molecule has 1 aromatic heterocycles. The zero-order valence-corrected chi connectivity index (χ0v) is 18.1. The van der Waals surface area contributed by atoms with Crippen LogP contribution in [0.2, 0.25) is 0 Å². The third-order valence-electron chi connectivity index (χ3n) is 5.07. The molecule has 0 atom stereocenters. The smallest absolute Gasteiger partial charge is 0.244 e. The lowest BCUT2D eigenvalue weighted by Gasteiger charge is -2.13. The topological polar surface area (TPSA) is 60.7 Å². The Morgan fingerprint density at radius 3 is 2.70 bits per heavy atom. The Labute approximate surface area is 177 Å². The minimum Gasteiger partial charge on any atom is -0.496 e. The molecular weight excluding hydrogens is 378 g/mol. The van der Waals surface area contributed by atoms with Gasteiger partial charge in [-0.1, -0.05) is 30.3 Å². The summed E-state index contributed by atoms with van der Waals surface area (Å²) in [5, 5.41) is 3.91. The predicted octanol–water partition coefficient (Wildman–Crippen LogP) is 5.36. The van der Waals surface area contributed by atoms with Gasteiger partial charge in [-0.25, -0.2) is 0 Å². The Bertz CT molecular complexity index is 1030. The Morgan fingerprint density at radius 2 is 2.00 bits per heavy atom. The van der Waals surface area contributed by atoms with Crippen LogP contribution in [-0.2, 0) is 9.53 Å². The van der Waals surface area contributed by atoms with Crippen LogP contribution in [0.1, 0.15) is 31.4 Å². The molecule has 0 bridgehead atoms. The van der Waals surface area contributed by atoms with Gasteiger partial charge in [0.25, 0.3) is 0 Å². The Morgan fingerprint density at radius 1 is 1.23 bits per heavy atom. The van der Waals surface area contributed by atoms with Crippen molar-refractivity contribution in [1.29, 1.82) is 0 Å². The van der Waals surface area contributed by atoms with Crippen molar-refractivity contribution in [3.63, 3.8) is 0 Å². The highest BCUT2D eigenvalue weighted by Gasteiger charge is 2.18. The van der Waals surface area contributed by atoms with Gasteiger partial charge in [-0.3, -0.25) is 4.79 Å². The maximum absolute atomic E-state index is 12.4. The van der Waals surface area contributed by atoms with Gasteiger partial charge in [0.05, 0.1) is 13.4 Å². The molecule has 0 radical (unpaired) electrons. The molecule has 3 aromatic rings. The molecule has 0 unspecified atom stereocenters. The summed E-state index contributed by atoms with van der Waals surface area (Å²) in [6.45, 7) is 7.77. The molecule has 30 heavy (non-hydrogen) atoms. The van der Waals surface area contributed by atoms with Crippen molar-refractivity contribution in [2.45, 2.75) is 27.2 Å². The summed E-state index contributed by atoms with van der Waals surface area (Å²) in [6, 6.07) is 12.2. The van der Waals surface area contributed by atoms with Crippen LogP contribution in [-0.4, -0.2) is 32.8 Å². The van der Waals surface area contributed by atoms with Crippen molar-refractivity contribution < 1.29 is 18.7 Å². The van der Waals surface area contributed by atoms with Gasteiger partial charge in [-0.15, -0.1) is 0 Å². The van der Waals surface area contributed by atoms with E-state index in [0.29, 0.717) is 25.5 Å². The van der Waals surface area contributed by atoms with Crippen LogP contribution in [0, 0.1) is 6.92 Å². The number of carbonyl (C=O) groups is 1. The third kappa shape index (κ3) is 4.74. The molecule has 5 heteroatoms. The molecule has 0 saturated carbocycles. The second-order valence-corrected chi connectivity index (χ2v) is 7.14. The summed E-state index contributed by atoms with van der Waals surface area (Å²) < 4.78 is 16.9. The largest absolute Gasteiger partial charge is 0.496 e. The minimum atomic E-state index is -0.126.